The van der Waals surface area contributed by atoms with Gasteiger partial charge in [0, 0.05) is 37.0 Å². The first-order chi connectivity index (χ1) is 15.2. The van der Waals surface area contributed by atoms with Crippen molar-refractivity contribution in [3.05, 3.63) is 64.7 Å². The molecule has 1 aliphatic heterocycles. The largest absolute Gasteiger partial charge is 0.344 e. The van der Waals surface area contributed by atoms with Crippen LogP contribution in [0, 0.1) is 19.8 Å². The van der Waals surface area contributed by atoms with Crippen LogP contribution in [0.5, 0.6) is 0 Å². The maximum atomic E-state index is 13.0. The van der Waals surface area contributed by atoms with Gasteiger partial charge < -0.3 is 9.13 Å². The van der Waals surface area contributed by atoms with E-state index < -0.39 is 9.84 Å². The number of aromatic nitrogens is 4. The van der Waals surface area contributed by atoms with Crippen LogP contribution in [-0.2, 0) is 29.9 Å². The van der Waals surface area contributed by atoms with E-state index in [0.29, 0.717) is 18.0 Å². The molecule has 0 spiro atoms. The molecule has 0 amide bonds. The second-order valence-electron chi connectivity index (χ2n) is 8.50. The third kappa shape index (κ3) is 4.99. The number of thioether (sulfide) groups is 1. The van der Waals surface area contributed by atoms with Crippen molar-refractivity contribution in [1.82, 2.24) is 19.3 Å². The molecule has 1 fully saturated rings. The van der Waals surface area contributed by atoms with Crippen LogP contribution in [0.3, 0.4) is 0 Å². The number of carbonyl (C=O) groups is 1. The quantitative estimate of drug-likeness (QED) is 0.370. The summed E-state index contributed by atoms with van der Waals surface area (Å²) in [6, 6.07) is 12.2. The summed E-state index contributed by atoms with van der Waals surface area (Å²) in [5.74, 6) is 1.68. The molecule has 1 aliphatic rings. The number of benzene rings is 1. The molecule has 0 N–H and O–H groups in total. The minimum atomic E-state index is -2.91. The molecule has 32 heavy (non-hydrogen) atoms. The van der Waals surface area contributed by atoms with Gasteiger partial charge in [0.15, 0.2) is 20.8 Å². The number of rotatable bonds is 8. The fourth-order valence-corrected chi connectivity index (χ4v) is 6.92. The average Bonchev–Trinajstić information content (AvgIpc) is 3.38. The number of Topliss-reactive ketones (excluding diaryl/α,β-unsaturated/α-hetero) is 1. The zero-order valence-corrected chi connectivity index (χ0v) is 20.2. The van der Waals surface area contributed by atoms with Crippen LogP contribution in [0.25, 0.3) is 0 Å². The molecule has 0 radical (unpaired) electrons. The number of aryl methyl sites for hydroxylation is 1. The maximum absolute atomic E-state index is 13.0. The first kappa shape index (κ1) is 22.8. The summed E-state index contributed by atoms with van der Waals surface area (Å²) in [6.07, 6.45) is 1.27. The second kappa shape index (κ2) is 9.23. The van der Waals surface area contributed by atoms with E-state index >= 15 is 0 Å². The van der Waals surface area contributed by atoms with Gasteiger partial charge in [-0.15, -0.1) is 10.2 Å². The van der Waals surface area contributed by atoms with Gasteiger partial charge in [0.25, 0.3) is 0 Å². The summed E-state index contributed by atoms with van der Waals surface area (Å²) in [7, 11) is -1.04. The topological polar surface area (TPSA) is 86.9 Å². The van der Waals surface area contributed by atoms with E-state index in [1.54, 1.807) is 0 Å². The van der Waals surface area contributed by atoms with Crippen molar-refractivity contribution in [1.29, 1.82) is 0 Å². The number of hydrogen-bond donors (Lipinski definition) is 0. The highest BCUT2D eigenvalue weighted by Crippen LogP contribution is 2.25. The van der Waals surface area contributed by atoms with Gasteiger partial charge in [0.1, 0.15) is 5.82 Å². The van der Waals surface area contributed by atoms with Gasteiger partial charge in [-0.2, -0.15) is 0 Å². The summed E-state index contributed by atoms with van der Waals surface area (Å²) in [5, 5.41) is 9.15. The van der Waals surface area contributed by atoms with Crippen molar-refractivity contribution in [2.75, 3.05) is 17.3 Å². The van der Waals surface area contributed by atoms with E-state index in [2.05, 4.69) is 26.9 Å². The molecule has 1 unspecified atom stereocenters. The van der Waals surface area contributed by atoms with Gasteiger partial charge in [-0.1, -0.05) is 42.1 Å². The fourth-order valence-electron chi connectivity index (χ4n) is 4.24. The summed E-state index contributed by atoms with van der Waals surface area (Å²) >= 11 is 1.37. The van der Waals surface area contributed by atoms with Crippen LogP contribution in [0.4, 0.5) is 0 Å². The summed E-state index contributed by atoms with van der Waals surface area (Å²) < 4.78 is 27.5. The third-order valence-corrected chi connectivity index (χ3v) is 8.97. The summed E-state index contributed by atoms with van der Waals surface area (Å²) in [5.41, 5.74) is 3.97. The first-order valence-electron chi connectivity index (χ1n) is 10.7. The van der Waals surface area contributed by atoms with Crippen molar-refractivity contribution < 1.29 is 13.2 Å². The number of hydrogen-bond acceptors (Lipinski definition) is 6. The Morgan fingerprint density at radius 3 is 2.62 bits per heavy atom. The predicted molar refractivity (Wildman–Crippen MR) is 126 cm³/mol. The van der Waals surface area contributed by atoms with Gasteiger partial charge in [-0.3, -0.25) is 4.79 Å². The highest BCUT2D eigenvalue weighted by atomic mass is 32.2. The predicted octanol–water partition coefficient (Wildman–Crippen LogP) is 3.23. The minimum absolute atomic E-state index is 0.0637. The molecule has 1 atom stereocenters. The molecular weight excluding hydrogens is 444 g/mol. The molecule has 170 valence electrons. The van der Waals surface area contributed by atoms with E-state index in [0.717, 1.165) is 29.3 Å². The molecule has 3 aromatic rings. The zero-order valence-electron chi connectivity index (χ0n) is 18.6. The van der Waals surface area contributed by atoms with Crippen molar-refractivity contribution >= 4 is 27.4 Å². The molecule has 1 aromatic carbocycles. The standard InChI is InChI=1S/C23H28N4O3S2/c1-16-11-20(17(2)27(16)13-18-7-5-4-6-8-18)21(28)14-31-23-25-24-22(26(23)3)12-19-9-10-32(29,30)15-19/h4-8,11,19H,9-10,12-15H2,1-3H3. The Bertz CT molecular complexity index is 1230. The molecule has 0 bridgehead atoms. The second-order valence-corrected chi connectivity index (χ2v) is 11.7. The van der Waals surface area contributed by atoms with Crippen LogP contribution in [0.15, 0.2) is 41.6 Å². The van der Waals surface area contributed by atoms with Gasteiger partial charge in [0.05, 0.1) is 17.3 Å². The van der Waals surface area contributed by atoms with Crippen molar-refractivity contribution in [3.8, 4) is 0 Å². The van der Waals surface area contributed by atoms with Crippen LogP contribution in [0.2, 0.25) is 0 Å². The zero-order chi connectivity index (χ0) is 22.9. The van der Waals surface area contributed by atoms with E-state index in [1.165, 1.54) is 17.3 Å². The van der Waals surface area contributed by atoms with Crippen LogP contribution in [0.1, 0.15) is 39.6 Å². The van der Waals surface area contributed by atoms with E-state index in [9.17, 15) is 13.2 Å². The Kier molecular flexibility index (Phi) is 6.57. The summed E-state index contributed by atoms with van der Waals surface area (Å²) in [6.45, 7) is 4.75. The summed E-state index contributed by atoms with van der Waals surface area (Å²) in [4.78, 5) is 13.0. The van der Waals surface area contributed by atoms with Crippen molar-refractivity contribution in [3.63, 3.8) is 0 Å². The van der Waals surface area contributed by atoms with E-state index in [1.807, 2.05) is 49.7 Å². The van der Waals surface area contributed by atoms with Crippen LogP contribution < -0.4 is 0 Å². The smallest absolute Gasteiger partial charge is 0.191 e. The Morgan fingerprint density at radius 1 is 1.19 bits per heavy atom. The van der Waals surface area contributed by atoms with Gasteiger partial charge in [-0.25, -0.2) is 8.42 Å². The molecule has 3 heterocycles. The Hall–Kier alpha value is -2.39. The number of carbonyl (C=O) groups excluding carboxylic acids is 1. The lowest BCUT2D eigenvalue weighted by Crippen LogP contribution is -2.11. The molecule has 0 aliphatic carbocycles. The van der Waals surface area contributed by atoms with E-state index in [4.69, 9.17) is 0 Å². The highest BCUT2D eigenvalue weighted by molar-refractivity contribution is 7.99. The number of nitrogens with zero attached hydrogens (tertiary/aromatic N) is 4. The van der Waals surface area contributed by atoms with Crippen LogP contribution in [-0.4, -0.2) is 50.8 Å². The molecule has 7 nitrogen and oxygen atoms in total. The lowest BCUT2D eigenvalue weighted by Gasteiger charge is -2.10. The number of sulfone groups is 1. The molecule has 2 aromatic heterocycles. The Balaban J connectivity index is 1.40. The maximum Gasteiger partial charge on any atom is 0.191 e. The highest BCUT2D eigenvalue weighted by Gasteiger charge is 2.29. The molecule has 1 saturated heterocycles. The van der Waals surface area contributed by atoms with Crippen molar-refractivity contribution in [2.45, 2.75) is 38.4 Å². The van der Waals surface area contributed by atoms with Gasteiger partial charge in [0.2, 0.25) is 0 Å². The molecular formula is C23H28N4O3S2. The Morgan fingerprint density at radius 2 is 1.94 bits per heavy atom. The van der Waals surface area contributed by atoms with Crippen molar-refractivity contribution in [2.24, 2.45) is 13.0 Å². The monoisotopic (exact) mass is 472 g/mol. The fraction of sp³-hybridized carbons (Fsp3) is 0.435. The number of ketones is 1. The normalized spacial score (nSPS) is 17.7. The van der Waals surface area contributed by atoms with Gasteiger partial charge in [-0.05, 0) is 37.8 Å². The molecule has 0 saturated carbocycles. The molecule has 9 heteroatoms. The SMILES string of the molecule is Cc1cc(C(=O)CSc2nnc(CC3CCS(=O)(=O)C3)n2C)c(C)n1Cc1ccccc1. The van der Waals surface area contributed by atoms with Gasteiger partial charge >= 0.3 is 0 Å². The Labute approximate surface area is 193 Å². The third-order valence-electron chi connectivity index (χ3n) is 6.11. The lowest BCUT2D eigenvalue weighted by molar-refractivity contribution is 0.102. The van der Waals surface area contributed by atoms with E-state index in [-0.39, 0.29) is 29.0 Å². The average molecular weight is 473 g/mol. The first-order valence-corrected chi connectivity index (χ1v) is 13.5. The van der Waals surface area contributed by atoms with Crippen LogP contribution >= 0.6 is 11.8 Å². The lowest BCUT2D eigenvalue weighted by atomic mass is 10.1. The minimum Gasteiger partial charge on any atom is -0.344 e. The molecule has 4 rings (SSSR count).